The highest BCUT2D eigenvalue weighted by atomic mass is 32.1. The van der Waals surface area contributed by atoms with Gasteiger partial charge in [-0.2, -0.15) is 0 Å². The molecular formula is C17H22N4O3S. The van der Waals surface area contributed by atoms with E-state index in [9.17, 15) is 14.9 Å². The van der Waals surface area contributed by atoms with Gasteiger partial charge in [-0.25, -0.2) is 4.98 Å². The Morgan fingerprint density at radius 2 is 2.04 bits per heavy atom. The van der Waals surface area contributed by atoms with Crippen molar-refractivity contribution in [2.45, 2.75) is 32.7 Å². The summed E-state index contributed by atoms with van der Waals surface area (Å²) >= 11 is 1.32. The molecule has 134 valence electrons. The lowest BCUT2D eigenvalue weighted by Crippen LogP contribution is -2.52. The zero-order valence-electron chi connectivity index (χ0n) is 14.5. The molecule has 0 saturated heterocycles. The Labute approximate surface area is 150 Å². The van der Waals surface area contributed by atoms with Crippen LogP contribution in [0.4, 0.5) is 5.69 Å². The molecule has 0 aliphatic rings. The van der Waals surface area contributed by atoms with E-state index in [0.29, 0.717) is 23.2 Å². The number of amides is 1. The first kappa shape index (κ1) is 19.0. The van der Waals surface area contributed by atoms with Gasteiger partial charge in [-0.1, -0.05) is 13.8 Å². The van der Waals surface area contributed by atoms with Crippen LogP contribution in [0.15, 0.2) is 29.6 Å². The number of thiazole rings is 1. The maximum absolute atomic E-state index is 12.5. The van der Waals surface area contributed by atoms with E-state index in [1.165, 1.54) is 23.5 Å². The van der Waals surface area contributed by atoms with Crippen molar-refractivity contribution in [3.8, 4) is 10.6 Å². The molecule has 0 bridgehead atoms. The topological polar surface area (TPSA) is 111 Å². The number of nitrogens with zero attached hydrogens (tertiary/aromatic N) is 2. The second-order valence-electron chi connectivity index (χ2n) is 6.66. The quantitative estimate of drug-likeness (QED) is 0.580. The van der Waals surface area contributed by atoms with E-state index in [2.05, 4.69) is 24.1 Å². The van der Waals surface area contributed by atoms with E-state index in [4.69, 9.17) is 5.73 Å². The largest absolute Gasteiger partial charge is 0.344 e. The minimum atomic E-state index is -0.484. The fraction of sp³-hybridized carbons (Fsp3) is 0.412. The zero-order valence-corrected chi connectivity index (χ0v) is 15.3. The average molecular weight is 362 g/mol. The van der Waals surface area contributed by atoms with Gasteiger partial charge in [0.2, 0.25) is 0 Å². The van der Waals surface area contributed by atoms with E-state index in [1.807, 2.05) is 6.92 Å². The molecule has 25 heavy (non-hydrogen) atoms. The second kappa shape index (κ2) is 7.71. The van der Waals surface area contributed by atoms with E-state index >= 15 is 0 Å². The van der Waals surface area contributed by atoms with Gasteiger partial charge in [0.25, 0.3) is 11.6 Å². The van der Waals surface area contributed by atoms with E-state index in [0.717, 1.165) is 12.0 Å². The summed E-state index contributed by atoms with van der Waals surface area (Å²) in [6.45, 7) is 6.43. The number of nitrogens with one attached hydrogen (secondary N) is 1. The molecule has 0 aliphatic carbocycles. The molecule has 1 unspecified atom stereocenters. The van der Waals surface area contributed by atoms with Gasteiger partial charge >= 0.3 is 0 Å². The molecule has 1 aromatic heterocycles. The third-order valence-corrected chi connectivity index (χ3v) is 4.68. The van der Waals surface area contributed by atoms with E-state index in [1.54, 1.807) is 17.5 Å². The van der Waals surface area contributed by atoms with Crippen molar-refractivity contribution in [1.29, 1.82) is 0 Å². The molecule has 3 N–H and O–H groups in total. The molecule has 1 heterocycles. The van der Waals surface area contributed by atoms with Crippen LogP contribution < -0.4 is 11.1 Å². The van der Waals surface area contributed by atoms with Gasteiger partial charge < -0.3 is 11.1 Å². The molecule has 1 amide bonds. The molecule has 2 rings (SSSR count). The Morgan fingerprint density at radius 3 is 2.56 bits per heavy atom. The molecule has 0 saturated carbocycles. The SMILES string of the molecule is CC(C)CC(C)(CN)NC(=O)c1csc(-c2ccc([N+](=O)[O-])cc2)n1. The van der Waals surface area contributed by atoms with Crippen LogP contribution >= 0.6 is 11.3 Å². The van der Waals surface area contributed by atoms with Gasteiger partial charge in [-0.3, -0.25) is 14.9 Å². The van der Waals surface area contributed by atoms with Gasteiger partial charge in [0.05, 0.1) is 10.5 Å². The van der Waals surface area contributed by atoms with Crippen molar-refractivity contribution in [2.75, 3.05) is 6.54 Å². The highest BCUT2D eigenvalue weighted by Crippen LogP contribution is 2.26. The van der Waals surface area contributed by atoms with Crippen molar-refractivity contribution in [3.05, 3.63) is 45.5 Å². The number of benzene rings is 1. The molecule has 0 fully saturated rings. The van der Waals surface area contributed by atoms with Gasteiger partial charge in [0, 0.05) is 29.6 Å². The van der Waals surface area contributed by atoms with Crippen LogP contribution in [-0.2, 0) is 0 Å². The number of hydrogen-bond donors (Lipinski definition) is 2. The van der Waals surface area contributed by atoms with Gasteiger partial charge in [0.15, 0.2) is 0 Å². The standard InChI is InChI=1S/C17H22N4O3S/c1-11(2)8-17(3,10-18)20-15(22)14-9-25-16(19-14)12-4-6-13(7-5-12)21(23)24/h4-7,9,11H,8,10,18H2,1-3H3,(H,20,22). The van der Waals surface area contributed by atoms with Crippen LogP contribution in [-0.4, -0.2) is 27.9 Å². The summed E-state index contributed by atoms with van der Waals surface area (Å²) in [7, 11) is 0. The van der Waals surface area contributed by atoms with E-state index in [-0.39, 0.29) is 11.6 Å². The number of carbonyl (C=O) groups is 1. The minimum Gasteiger partial charge on any atom is -0.344 e. The first-order valence-corrected chi connectivity index (χ1v) is 8.85. The fourth-order valence-corrected chi connectivity index (χ4v) is 3.47. The molecule has 0 aliphatic heterocycles. The smallest absolute Gasteiger partial charge is 0.271 e. The Bertz CT molecular complexity index is 758. The predicted octanol–water partition coefficient (Wildman–Crippen LogP) is 3.21. The van der Waals surface area contributed by atoms with Gasteiger partial charge in [-0.15, -0.1) is 11.3 Å². The monoisotopic (exact) mass is 362 g/mol. The molecule has 2 aromatic rings. The Morgan fingerprint density at radius 1 is 1.40 bits per heavy atom. The molecular weight excluding hydrogens is 340 g/mol. The van der Waals surface area contributed by atoms with Crippen LogP contribution in [0.1, 0.15) is 37.7 Å². The summed E-state index contributed by atoms with van der Waals surface area (Å²) < 4.78 is 0. The Kier molecular flexibility index (Phi) is 5.86. The van der Waals surface area contributed by atoms with Crippen LogP contribution in [0.25, 0.3) is 10.6 Å². The van der Waals surface area contributed by atoms with Crippen LogP contribution in [0.3, 0.4) is 0 Å². The lowest BCUT2D eigenvalue weighted by Gasteiger charge is -2.30. The van der Waals surface area contributed by atoms with Crippen LogP contribution in [0.2, 0.25) is 0 Å². The summed E-state index contributed by atoms with van der Waals surface area (Å²) in [6, 6.07) is 6.10. The second-order valence-corrected chi connectivity index (χ2v) is 7.52. The third-order valence-electron chi connectivity index (χ3n) is 3.79. The first-order valence-electron chi connectivity index (χ1n) is 7.97. The number of aromatic nitrogens is 1. The third kappa shape index (κ3) is 4.83. The number of carbonyl (C=O) groups excluding carboxylic acids is 1. The maximum Gasteiger partial charge on any atom is 0.271 e. The Balaban J connectivity index is 2.14. The van der Waals surface area contributed by atoms with Crippen molar-refractivity contribution < 1.29 is 9.72 Å². The number of hydrogen-bond acceptors (Lipinski definition) is 6. The minimum absolute atomic E-state index is 0.0191. The lowest BCUT2D eigenvalue weighted by molar-refractivity contribution is -0.384. The number of rotatable bonds is 7. The molecule has 7 nitrogen and oxygen atoms in total. The average Bonchev–Trinajstić information content (AvgIpc) is 3.04. The first-order chi connectivity index (χ1) is 11.7. The van der Waals surface area contributed by atoms with Crippen molar-refractivity contribution in [2.24, 2.45) is 11.7 Å². The number of nitro benzene ring substituents is 1. The normalized spacial score (nSPS) is 13.5. The van der Waals surface area contributed by atoms with E-state index < -0.39 is 10.5 Å². The number of non-ortho nitro benzene ring substituents is 1. The van der Waals surface area contributed by atoms with Crippen molar-refractivity contribution in [3.63, 3.8) is 0 Å². The maximum atomic E-state index is 12.5. The summed E-state index contributed by atoms with van der Waals surface area (Å²) in [5, 5.41) is 16.0. The molecule has 0 radical (unpaired) electrons. The fourth-order valence-electron chi connectivity index (χ4n) is 2.66. The Hall–Kier alpha value is -2.32. The summed E-state index contributed by atoms with van der Waals surface area (Å²) in [5.74, 6) is 0.137. The molecule has 8 heteroatoms. The van der Waals surface area contributed by atoms with Gasteiger partial charge in [0.1, 0.15) is 10.7 Å². The predicted molar refractivity (Wildman–Crippen MR) is 98.6 cm³/mol. The molecule has 1 aromatic carbocycles. The molecule has 1 atom stereocenters. The molecule has 0 spiro atoms. The van der Waals surface area contributed by atoms with Crippen molar-refractivity contribution >= 4 is 22.9 Å². The summed E-state index contributed by atoms with van der Waals surface area (Å²) in [6.07, 6.45) is 0.772. The van der Waals surface area contributed by atoms with Crippen LogP contribution in [0.5, 0.6) is 0 Å². The zero-order chi connectivity index (χ0) is 18.6. The summed E-state index contributed by atoms with van der Waals surface area (Å²) in [5.41, 5.74) is 6.42. The highest BCUT2D eigenvalue weighted by Gasteiger charge is 2.27. The van der Waals surface area contributed by atoms with Crippen LogP contribution in [0, 0.1) is 16.0 Å². The summed E-state index contributed by atoms with van der Waals surface area (Å²) in [4.78, 5) is 27.1. The number of nitrogens with two attached hydrogens (primary N) is 1. The van der Waals surface area contributed by atoms with Crippen molar-refractivity contribution in [1.82, 2.24) is 10.3 Å². The highest BCUT2D eigenvalue weighted by molar-refractivity contribution is 7.13. The van der Waals surface area contributed by atoms with Gasteiger partial charge in [-0.05, 0) is 31.4 Å². The number of nitro groups is 1. The lowest BCUT2D eigenvalue weighted by atomic mass is 9.90.